The average molecular weight is 141 g/mol. The number of carbonyl (C=O) groups is 1. The summed E-state index contributed by atoms with van der Waals surface area (Å²) in [5.74, 6) is 0.428. The lowest BCUT2D eigenvalue weighted by molar-refractivity contribution is -0.122. The maximum Gasteiger partial charge on any atom is 0.135 e. The van der Waals surface area contributed by atoms with Crippen LogP contribution in [0.25, 0.3) is 0 Å². The summed E-state index contributed by atoms with van der Waals surface area (Å²) in [6.07, 6.45) is 1.52. The second-order valence-corrected chi connectivity index (χ2v) is 2.97. The summed E-state index contributed by atoms with van der Waals surface area (Å²) in [5.41, 5.74) is 0. The van der Waals surface area contributed by atoms with Gasteiger partial charge in [0.1, 0.15) is 5.78 Å². The first-order valence-corrected chi connectivity index (χ1v) is 3.99. The van der Waals surface area contributed by atoms with E-state index in [0.717, 1.165) is 25.9 Å². The highest BCUT2D eigenvalue weighted by Crippen LogP contribution is 2.12. The van der Waals surface area contributed by atoms with Crippen LogP contribution in [-0.2, 0) is 4.79 Å². The maximum absolute atomic E-state index is 10.9. The molecule has 0 saturated carbocycles. The highest BCUT2D eigenvalue weighted by molar-refractivity contribution is 5.79. The first-order valence-electron chi connectivity index (χ1n) is 3.99. The molecule has 1 aliphatic rings. The quantitative estimate of drug-likeness (QED) is 0.544. The first-order chi connectivity index (χ1) is 4.74. The summed E-state index contributed by atoms with van der Waals surface area (Å²) in [6, 6.07) is 0.478. The fourth-order valence-electron chi connectivity index (χ4n) is 1.52. The third kappa shape index (κ3) is 1.57. The molecule has 0 radical (unpaired) electrons. The third-order valence-electron chi connectivity index (χ3n) is 2.23. The van der Waals surface area contributed by atoms with E-state index in [0.29, 0.717) is 11.8 Å². The molecule has 1 aliphatic heterocycles. The molecule has 0 bridgehead atoms. The average Bonchev–Trinajstić information content (AvgIpc) is 1.88. The van der Waals surface area contributed by atoms with E-state index >= 15 is 0 Å². The van der Waals surface area contributed by atoms with Crippen molar-refractivity contribution < 1.29 is 4.79 Å². The molecule has 0 spiro atoms. The van der Waals surface area contributed by atoms with E-state index in [1.54, 1.807) is 0 Å². The number of carbonyl (C=O) groups excluding carboxylic acids is 1. The lowest BCUT2D eigenvalue weighted by Gasteiger charge is -2.31. The van der Waals surface area contributed by atoms with Crippen LogP contribution < -0.4 is 0 Å². The van der Waals surface area contributed by atoms with Gasteiger partial charge < -0.3 is 4.90 Å². The SMILES string of the molecule is CCN1CCC(=O)C[C@H]1C. The highest BCUT2D eigenvalue weighted by Gasteiger charge is 2.21. The van der Waals surface area contributed by atoms with Gasteiger partial charge in [-0.25, -0.2) is 0 Å². The fourth-order valence-corrected chi connectivity index (χ4v) is 1.52. The maximum atomic E-state index is 10.9. The number of Topliss-reactive ketones (excluding diaryl/α,β-unsaturated/α-hetero) is 1. The molecule has 1 fully saturated rings. The van der Waals surface area contributed by atoms with Crippen LogP contribution in [0.3, 0.4) is 0 Å². The predicted molar refractivity (Wildman–Crippen MR) is 41.0 cm³/mol. The Balaban J connectivity index is 2.43. The molecule has 1 atom stereocenters. The number of piperidine rings is 1. The van der Waals surface area contributed by atoms with Crippen LogP contribution in [0, 0.1) is 0 Å². The van der Waals surface area contributed by atoms with Crippen molar-refractivity contribution in [3.05, 3.63) is 0 Å². The van der Waals surface area contributed by atoms with Gasteiger partial charge in [0.15, 0.2) is 0 Å². The van der Waals surface area contributed by atoms with Crippen LogP contribution >= 0.6 is 0 Å². The molecule has 0 aromatic carbocycles. The number of hydrogen-bond donors (Lipinski definition) is 0. The molecule has 10 heavy (non-hydrogen) atoms. The summed E-state index contributed by atoms with van der Waals surface area (Å²) in [5, 5.41) is 0. The van der Waals surface area contributed by atoms with E-state index in [4.69, 9.17) is 0 Å². The van der Waals surface area contributed by atoms with E-state index in [1.165, 1.54) is 0 Å². The van der Waals surface area contributed by atoms with Gasteiger partial charge in [0.2, 0.25) is 0 Å². The zero-order chi connectivity index (χ0) is 7.56. The zero-order valence-corrected chi connectivity index (χ0v) is 6.76. The van der Waals surface area contributed by atoms with E-state index in [1.807, 2.05) is 0 Å². The molecule has 0 unspecified atom stereocenters. The smallest absolute Gasteiger partial charge is 0.135 e. The molecule has 0 amide bonds. The summed E-state index contributed by atoms with van der Waals surface area (Å²) in [7, 11) is 0. The van der Waals surface area contributed by atoms with Crippen molar-refractivity contribution in [2.45, 2.75) is 32.7 Å². The molecule has 0 N–H and O–H groups in total. The van der Waals surface area contributed by atoms with Gasteiger partial charge in [-0.15, -0.1) is 0 Å². The minimum atomic E-state index is 0.428. The minimum absolute atomic E-state index is 0.428. The molecule has 2 heteroatoms. The van der Waals surface area contributed by atoms with Gasteiger partial charge in [0.25, 0.3) is 0 Å². The Morgan fingerprint density at radius 2 is 2.40 bits per heavy atom. The second kappa shape index (κ2) is 3.15. The van der Waals surface area contributed by atoms with E-state index in [9.17, 15) is 4.79 Å². The van der Waals surface area contributed by atoms with Crippen LogP contribution in [0.1, 0.15) is 26.7 Å². The van der Waals surface area contributed by atoms with Crippen molar-refractivity contribution in [3.63, 3.8) is 0 Å². The Bertz CT molecular complexity index is 133. The number of ketones is 1. The number of rotatable bonds is 1. The highest BCUT2D eigenvalue weighted by atomic mass is 16.1. The van der Waals surface area contributed by atoms with Crippen molar-refractivity contribution in [1.29, 1.82) is 0 Å². The van der Waals surface area contributed by atoms with Gasteiger partial charge in [-0.05, 0) is 13.5 Å². The number of nitrogens with zero attached hydrogens (tertiary/aromatic N) is 1. The van der Waals surface area contributed by atoms with Crippen LogP contribution in [0.2, 0.25) is 0 Å². The Kier molecular flexibility index (Phi) is 2.44. The van der Waals surface area contributed by atoms with Crippen LogP contribution in [0.15, 0.2) is 0 Å². The Morgan fingerprint density at radius 3 is 2.90 bits per heavy atom. The van der Waals surface area contributed by atoms with Gasteiger partial charge in [-0.2, -0.15) is 0 Å². The molecular formula is C8H15NO. The molecular weight excluding hydrogens is 126 g/mol. The van der Waals surface area contributed by atoms with Gasteiger partial charge in [-0.1, -0.05) is 6.92 Å². The Labute approximate surface area is 62.2 Å². The van der Waals surface area contributed by atoms with E-state index in [-0.39, 0.29) is 0 Å². The topological polar surface area (TPSA) is 20.3 Å². The molecule has 2 nitrogen and oxygen atoms in total. The standard InChI is InChI=1S/C8H15NO/c1-3-9-5-4-8(10)6-7(9)2/h7H,3-6H2,1-2H3/t7-/m1/s1. The summed E-state index contributed by atoms with van der Waals surface area (Å²) >= 11 is 0. The molecule has 0 aromatic heterocycles. The van der Waals surface area contributed by atoms with Gasteiger partial charge in [-0.3, -0.25) is 4.79 Å². The molecule has 0 aliphatic carbocycles. The largest absolute Gasteiger partial charge is 0.300 e. The van der Waals surface area contributed by atoms with Crippen LogP contribution in [0.4, 0.5) is 0 Å². The minimum Gasteiger partial charge on any atom is -0.300 e. The molecule has 1 saturated heterocycles. The van der Waals surface area contributed by atoms with Gasteiger partial charge >= 0.3 is 0 Å². The molecule has 58 valence electrons. The molecule has 0 aromatic rings. The molecule has 1 heterocycles. The normalized spacial score (nSPS) is 29.0. The number of likely N-dealkylation sites (tertiary alicyclic amines) is 1. The van der Waals surface area contributed by atoms with Gasteiger partial charge in [0.05, 0.1) is 0 Å². The van der Waals surface area contributed by atoms with Gasteiger partial charge in [0, 0.05) is 25.4 Å². The van der Waals surface area contributed by atoms with E-state index < -0.39 is 0 Å². The molecule has 1 rings (SSSR count). The van der Waals surface area contributed by atoms with Crippen molar-refractivity contribution in [1.82, 2.24) is 4.90 Å². The predicted octanol–water partition coefficient (Wildman–Crippen LogP) is 1.06. The van der Waals surface area contributed by atoms with Crippen molar-refractivity contribution in [2.75, 3.05) is 13.1 Å². The van der Waals surface area contributed by atoms with Crippen LogP contribution in [-0.4, -0.2) is 29.8 Å². The van der Waals surface area contributed by atoms with Crippen molar-refractivity contribution >= 4 is 5.78 Å². The summed E-state index contributed by atoms with van der Waals surface area (Å²) in [6.45, 7) is 6.32. The Hall–Kier alpha value is -0.370. The lowest BCUT2D eigenvalue weighted by Crippen LogP contribution is -2.40. The second-order valence-electron chi connectivity index (χ2n) is 2.97. The van der Waals surface area contributed by atoms with Crippen LogP contribution in [0.5, 0.6) is 0 Å². The monoisotopic (exact) mass is 141 g/mol. The van der Waals surface area contributed by atoms with Crippen molar-refractivity contribution in [3.8, 4) is 0 Å². The Morgan fingerprint density at radius 1 is 1.70 bits per heavy atom. The first kappa shape index (κ1) is 7.73. The lowest BCUT2D eigenvalue weighted by atomic mass is 10.0. The van der Waals surface area contributed by atoms with Crippen molar-refractivity contribution in [2.24, 2.45) is 0 Å². The zero-order valence-electron chi connectivity index (χ0n) is 6.76. The summed E-state index contributed by atoms with van der Waals surface area (Å²) < 4.78 is 0. The summed E-state index contributed by atoms with van der Waals surface area (Å²) in [4.78, 5) is 13.3. The third-order valence-corrected chi connectivity index (χ3v) is 2.23. The number of hydrogen-bond acceptors (Lipinski definition) is 2. The fraction of sp³-hybridized carbons (Fsp3) is 0.875. The van der Waals surface area contributed by atoms with E-state index in [2.05, 4.69) is 18.7 Å².